The molecule has 3 nitrogen and oxygen atoms in total. The van der Waals surface area contributed by atoms with Gasteiger partial charge in [-0.15, -0.1) is 0 Å². The first kappa shape index (κ1) is 11.5. The Morgan fingerprint density at radius 2 is 2.00 bits per heavy atom. The molecule has 0 spiro atoms. The molecule has 0 aromatic carbocycles. The van der Waals surface area contributed by atoms with E-state index in [4.69, 9.17) is 4.74 Å². The molecule has 0 unspecified atom stereocenters. The zero-order valence-corrected chi connectivity index (χ0v) is 10.9. The zero-order valence-electron chi connectivity index (χ0n) is 6.38. The summed E-state index contributed by atoms with van der Waals surface area (Å²) >= 11 is 1.07. The molecule has 5 heteroatoms. The molecular weight excluding hydrogens is 263 g/mol. The van der Waals surface area contributed by atoms with E-state index in [0.717, 1.165) is 36.4 Å². The van der Waals surface area contributed by atoms with Crippen molar-refractivity contribution in [2.45, 2.75) is 5.02 Å². The van der Waals surface area contributed by atoms with Crippen LogP contribution in [0.5, 0.6) is 0 Å². The summed E-state index contributed by atoms with van der Waals surface area (Å²) in [6.07, 6.45) is 0. The van der Waals surface area contributed by atoms with E-state index in [1.165, 1.54) is 0 Å². The number of hydrogen-bond acceptors (Lipinski definition) is 2. The minimum atomic E-state index is 0. The smallest absolute Gasteiger partial charge is 1.00 e. The summed E-state index contributed by atoms with van der Waals surface area (Å²) < 4.78 is 5.11. The van der Waals surface area contributed by atoms with Crippen LogP contribution in [0.25, 0.3) is 0 Å². The Balaban J connectivity index is 0.000001000. The second kappa shape index (κ2) is 6.09. The van der Waals surface area contributed by atoms with Gasteiger partial charge in [0.25, 0.3) is 0 Å². The molecule has 0 N–H and O–H groups in total. The number of carbonyl (C=O) groups excluding carboxylic acids is 1. The van der Waals surface area contributed by atoms with E-state index in [0.29, 0.717) is 19.1 Å². The number of amides is 1. The monoisotopic (exact) mass is 271 g/mol. The van der Waals surface area contributed by atoms with Crippen molar-refractivity contribution in [2.24, 2.45) is 0 Å². The van der Waals surface area contributed by atoms with Gasteiger partial charge in [-0.1, -0.05) is 0 Å². The molecular formula is C6H10BrNO2Zn. The van der Waals surface area contributed by atoms with Crippen LogP contribution in [0, 0.1) is 0 Å². The molecule has 1 fully saturated rings. The van der Waals surface area contributed by atoms with Crippen LogP contribution in [-0.4, -0.2) is 37.1 Å². The SMILES string of the molecule is O=C([CH2][Zn+])N1CCOCC1.[Br-]. The molecule has 0 aromatic heterocycles. The Labute approximate surface area is 86.9 Å². The Morgan fingerprint density at radius 1 is 1.45 bits per heavy atom. The van der Waals surface area contributed by atoms with Crippen molar-refractivity contribution in [1.29, 1.82) is 0 Å². The number of hydrogen-bond donors (Lipinski definition) is 0. The van der Waals surface area contributed by atoms with Crippen LogP contribution in [0.15, 0.2) is 0 Å². The van der Waals surface area contributed by atoms with Crippen LogP contribution in [0.3, 0.4) is 0 Å². The molecule has 0 atom stereocenters. The molecule has 0 saturated carbocycles. The molecule has 1 heterocycles. The van der Waals surface area contributed by atoms with Crippen molar-refractivity contribution < 1.29 is 44.8 Å². The molecule has 0 aromatic rings. The van der Waals surface area contributed by atoms with Gasteiger partial charge in [0, 0.05) is 0 Å². The van der Waals surface area contributed by atoms with Crippen LogP contribution in [0.4, 0.5) is 0 Å². The van der Waals surface area contributed by atoms with Crippen molar-refractivity contribution in [3.05, 3.63) is 0 Å². The third-order valence-electron chi connectivity index (χ3n) is 1.58. The Morgan fingerprint density at radius 3 is 2.45 bits per heavy atom. The van der Waals surface area contributed by atoms with E-state index in [1.54, 1.807) is 0 Å². The van der Waals surface area contributed by atoms with E-state index >= 15 is 0 Å². The Bertz CT molecular complexity index is 128. The first-order valence-corrected chi connectivity index (χ1v) is 5.59. The minimum absolute atomic E-state index is 0. The van der Waals surface area contributed by atoms with Gasteiger partial charge in [-0.3, -0.25) is 0 Å². The van der Waals surface area contributed by atoms with Crippen LogP contribution in [-0.2, 0) is 27.8 Å². The van der Waals surface area contributed by atoms with Crippen molar-refractivity contribution >= 4 is 5.91 Å². The fourth-order valence-electron chi connectivity index (χ4n) is 0.971. The maximum absolute atomic E-state index is 11.1. The van der Waals surface area contributed by atoms with Gasteiger partial charge in [0.2, 0.25) is 0 Å². The summed E-state index contributed by atoms with van der Waals surface area (Å²) in [5.41, 5.74) is 0. The van der Waals surface area contributed by atoms with Crippen molar-refractivity contribution in [3.8, 4) is 0 Å². The minimum Gasteiger partial charge on any atom is -1.00 e. The molecule has 1 aliphatic heterocycles. The quantitative estimate of drug-likeness (QED) is 0.472. The second-order valence-electron chi connectivity index (χ2n) is 2.24. The predicted molar refractivity (Wildman–Crippen MR) is 32.2 cm³/mol. The van der Waals surface area contributed by atoms with E-state index in [1.807, 2.05) is 4.90 Å². The molecule has 11 heavy (non-hydrogen) atoms. The first-order chi connectivity index (χ1) is 4.84. The fourth-order valence-corrected chi connectivity index (χ4v) is 1.63. The first-order valence-electron chi connectivity index (χ1n) is 3.49. The molecule has 1 rings (SSSR count). The number of nitrogens with zero attached hydrogens (tertiary/aromatic N) is 1. The number of carbonyl (C=O) groups is 1. The fraction of sp³-hybridized carbons (Fsp3) is 0.833. The largest absolute Gasteiger partial charge is 1.00 e. The van der Waals surface area contributed by atoms with Crippen LogP contribution < -0.4 is 17.0 Å². The summed E-state index contributed by atoms with van der Waals surface area (Å²) in [5, 5.41) is 0.736. The average Bonchev–Trinajstić information content (AvgIpc) is 2.05. The maximum atomic E-state index is 11.1. The van der Waals surface area contributed by atoms with Crippen molar-refractivity contribution in [2.75, 3.05) is 26.3 Å². The summed E-state index contributed by atoms with van der Waals surface area (Å²) in [7, 11) is 0. The van der Waals surface area contributed by atoms with Gasteiger partial charge in [-0.05, 0) is 0 Å². The third-order valence-corrected chi connectivity index (χ3v) is 2.48. The van der Waals surface area contributed by atoms with Gasteiger partial charge < -0.3 is 17.0 Å². The van der Waals surface area contributed by atoms with E-state index in [2.05, 4.69) is 0 Å². The van der Waals surface area contributed by atoms with Crippen molar-refractivity contribution in [1.82, 2.24) is 4.90 Å². The summed E-state index contributed by atoms with van der Waals surface area (Å²) in [4.78, 5) is 13.0. The summed E-state index contributed by atoms with van der Waals surface area (Å²) in [5.74, 6) is 0.295. The van der Waals surface area contributed by atoms with Gasteiger partial charge in [0.15, 0.2) is 0 Å². The van der Waals surface area contributed by atoms with E-state index < -0.39 is 0 Å². The molecule has 0 radical (unpaired) electrons. The molecule has 1 aliphatic rings. The number of morpholine rings is 1. The number of ether oxygens (including phenoxy) is 1. The van der Waals surface area contributed by atoms with Gasteiger partial charge in [0.1, 0.15) is 0 Å². The zero-order chi connectivity index (χ0) is 7.40. The normalized spacial score (nSPS) is 17.5. The van der Waals surface area contributed by atoms with Crippen molar-refractivity contribution in [3.63, 3.8) is 0 Å². The molecule has 1 saturated heterocycles. The Hall–Kier alpha value is 0.533. The van der Waals surface area contributed by atoms with Gasteiger partial charge >= 0.3 is 70.0 Å². The van der Waals surface area contributed by atoms with Gasteiger partial charge in [-0.2, -0.15) is 0 Å². The predicted octanol–water partition coefficient (Wildman–Crippen LogP) is -3.19. The van der Waals surface area contributed by atoms with Gasteiger partial charge in [0.05, 0.1) is 0 Å². The average molecular weight is 273 g/mol. The standard InChI is InChI=1S/C6H10NO2.BrH.Zn/c1-6(8)7-2-4-9-5-3-7;;/h1-5H2;1H;/q;;+1/p-1. The van der Waals surface area contributed by atoms with Gasteiger partial charge in [-0.25, -0.2) is 0 Å². The topological polar surface area (TPSA) is 29.5 Å². The molecule has 0 bridgehead atoms. The second-order valence-corrected chi connectivity index (χ2v) is 3.29. The van der Waals surface area contributed by atoms with E-state index in [9.17, 15) is 4.79 Å². The van der Waals surface area contributed by atoms with Crippen LogP contribution in [0.1, 0.15) is 0 Å². The third kappa shape index (κ3) is 3.63. The number of rotatable bonds is 1. The summed E-state index contributed by atoms with van der Waals surface area (Å²) in [6.45, 7) is 3.01. The summed E-state index contributed by atoms with van der Waals surface area (Å²) in [6, 6.07) is 0. The molecule has 1 amide bonds. The van der Waals surface area contributed by atoms with Crippen LogP contribution in [0.2, 0.25) is 5.02 Å². The maximum Gasteiger partial charge on any atom is -1.00 e. The molecule has 60 valence electrons. The number of halogens is 1. The van der Waals surface area contributed by atoms with Crippen LogP contribution >= 0.6 is 0 Å². The molecule has 0 aliphatic carbocycles. The Kier molecular flexibility index (Phi) is 6.39. The van der Waals surface area contributed by atoms with E-state index in [-0.39, 0.29) is 17.0 Å².